The molecule has 0 saturated heterocycles. The van der Waals surface area contributed by atoms with E-state index in [9.17, 15) is 14.4 Å². The van der Waals surface area contributed by atoms with Gasteiger partial charge in [0.25, 0.3) is 5.91 Å². The number of fused-ring (bicyclic) bond motifs is 5. The summed E-state index contributed by atoms with van der Waals surface area (Å²) in [6, 6.07) is 17.1. The zero-order valence-electron chi connectivity index (χ0n) is 23.6. The summed E-state index contributed by atoms with van der Waals surface area (Å²) in [5.41, 5.74) is 2.73. The summed E-state index contributed by atoms with van der Waals surface area (Å²) in [5.74, 6) is 1.95. The van der Waals surface area contributed by atoms with Gasteiger partial charge in [-0.2, -0.15) is 0 Å². The second kappa shape index (κ2) is 11.6. The van der Waals surface area contributed by atoms with Gasteiger partial charge >= 0.3 is 0 Å². The number of thioether (sulfide) groups is 1. The molecule has 0 aliphatic carbocycles. The lowest BCUT2D eigenvalue weighted by atomic mass is 10.1. The topological polar surface area (TPSA) is 140 Å². The van der Waals surface area contributed by atoms with E-state index in [2.05, 4.69) is 15.6 Å². The second-order valence-electron chi connectivity index (χ2n) is 10.3. The fourth-order valence-electron chi connectivity index (χ4n) is 5.16. The molecular formula is C31H27N5O7S. The number of amidine groups is 2. The van der Waals surface area contributed by atoms with Crippen LogP contribution in [0.2, 0.25) is 0 Å². The summed E-state index contributed by atoms with van der Waals surface area (Å²) >= 11 is 1.18. The molecule has 3 aromatic rings. The molecule has 12 nitrogen and oxygen atoms in total. The Balaban J connectivity index is 1.05. The van der Waals surface area contributed by atoms with Crippen molar-refractivity contribution >= 4 is 51.9 Å². The number of carbonyl (C=O) groups is 3. The highest BCUT2D eigenvalue weighted by Crippen LogP contribution is 2.37. The molecule has 2 atom stereocenters. The summed E-state index contributed by atoms with van der Waals surface area (Å²) < 4.78 is 21.5. The first-order valence-corrected chi connectivity index (χ1v) is 15.0. The van der Waals surface area contributed by atoms with Crippen LogP contribution >= 0.6 is 11.8 Å². The Hall–Kier alpha value is -5.04. The molecule has 224 valence electrons. The van der Waals surface area contributed by atoms with E-state index in [1.54, 1.807) is 24.3 Å². The van der Waals surface area contributed by atoms with Gasteiger partial charge in [-0.3, -0.25) is 19.4 Å². The minimum atomic E-state index is -0.929. The Labute approximate surface area is 256 Å². The van der Waals surface area contributed by atoms with Gasteiger partial charge in [0, 0.05) is 23.9 Å². The number of nitrogens with one attached hydrogen (secondary N) is 2. The highest BCUT2D eigenvalue weighted by molar-refractivity contribution is 8.15. The smallest absolute Gasteiger partial charge is 0.259 e. The summed E-state index contributed by atoms with van der Waals surface area (Å²) in [5, 5.41) is 5.56. The van der Waals surface area contributed by atoms with Crippen LogP contribution in [0.3, 0.4) is 0 Å². The third-order valence-corrected chi connectivity index (χ3v) is 8.72. The zero-order chi connectivity index (χ0) is 30.2. The Morgan fingerprint density at radius 2 is 1.70 bits per heavy atom. The molecule has 0 fully saturated rings. The number of hydrogen-bond donors (Lipinski definition) is 2. The highest BCUT2D eigenvalue weighted by atomic mass is 32.2. The summed E-state index contributed by atoms with van der Waals surface area (Å²) in [6.07, 6.45) is 0.340. The van der Waals surface area contributed by atoms with Crippen LogP contribution in [0.5, 0.6) is 23.0 Å². The van der Waals surface area contributed by atoms with Gasteiger partial charge in [-0.15, -0.1) is 0 Å². The third kappa shape index (κ3) is 5.30. The van der Waals surface area contributed by atoms with Gasteiger partial charge in [-0.25, -0.2) is 9.89 Å². The molecule has 3 amide bonds. The molecule has 3 aromatic carbocycles. The van der Waals surface area contributed by atoms with Crippen molar-refractivity contribution in [2.24, 2.45) is 9.98 Å². The van der Waals surface area contributed by atoms with Crippen molar-refractivity contribution in [2.45, 2.75) is 37.6 Å². The lowest BCUT2D eigenvalue weighted by Crippen LogP contribution is -2.43. The number of carbonyl (C=O) groups excluding carboxylic acids is 3. The molecule has 0 saturated carbocycles. The fourth-order valence-corrected chi connectivity index (χ4v) is 6.18. The van der Waals surface area contributed by atoms with Gasteiger partial charge in [-0.1, -0.05) is 36.9 Å². The summed E-state index contributed by atoms with van der Waals surface area (Å²) in [4.78, 5) is 50.8. The van der Waals surface area contributed by atoms with Crippen molar-refractivity contribution in [3.8, 4) is 23.0 Å². The molecule has 44 heavy (non-hydrogen) atoms. The minimum Gasteiger partial charge on any atom is -0.454 e. The Kier molecular flexibility index (Phi) is 7.30. The number of para-hydroxylation sites is 1. The monoisotopic (exact) mass is 613 g/mol. The molecule has 0 spiro atoms. The molecule has 0 aromatic heterocycles. The first kappa shape index (κ1) is 27.8. The number of ether oxygens (including phenoxy) is 4. The van der Waals surface area contributed by atoms with E-state index in [4.69, 9.17) is 23.9 Å². The van der Waals surface area contributed by atoms with Gasteiger partial charge in [0.15, 0.2) is 28.2 Å². The van der Waals surface area contributed by atoms with Gasteiger partial charge < -0.3 is 29.6 Å². The van der Waals surface area contributed by atoms with Gasteiger partial charge in [0.05, 0.1) is 17.4 Å². The van der Waals surface area contributed by atoms with E-state index in [1.807, 2.05) is 43.3 Å². The molecule has 4 aliphatic heterocycles. The molecule has 4 aliphatic rings. The van der Waals surface area contributed by atoms with Crippen molar-refractivity contribution in [3.05, 3.63) is 71.8 Å². The maximum absolute atomic E-state index is 13.7. The van der Waals surface area contributed by atoms with E-state index in [0.29, 0.717) is 57.4 Å². The van der Waals surface area contributed by atoms with Gasteiger partial charge in [0.1, 0.15) is 11.9 Å². The van der Waals surface area contributed by atoms with Crippen molar-refractivity contribution in [1.29, 1.82) is 0 Å². The molecule has 0 radical (unpaired) electrons. The Morgan fingerprint density at radius 1 is 0.977 bits per heavy atom. The van der Waals surface area contributed by atoms with Gasteiger partial charge in [-0.05, 0) is 48.4 Å². The lowest BCUT2D eigenvalue weighted by Gasteiger charge is -2.27. The van der Waals surface area contributed by atoms with Crippen LogP contribution in [0.1, 0.15) is 30.9 Å². The molecule has 2 unspecified atom stereocenters. The Morgan fingerprint density at radius 3 is 2.50 bits per heavy atom. The highest BCUT2D eigenvalue weighted by Gasteiger charge is 2.43. The predicted octanol–water partition coefficient (Wildman–Crippen LogP) is 3.96. The van der Waals surface area contributed by atoms with Crippen molar-refractivity contribution in [3.63, 3.8) is 0 Å². The zero-order valence-corrected chi connectivity index (χ0v) is 24.4. The minimum absolute atomic E-state index is 0.134. The normalized spacial score (nSPS) is 17.8. The van der Waals surface area contributed by atoms with Crippen LogP contribution in [0, 0.1) is 0 Å². The van der Waals surface area contributed by atoms with E-state index < -0.39 is 11.3 Å². The SMILES string of the molecule is CCC(SC1=Nc2ccccc2C2=NC(CC(=O)NCc3ccc4c(c3)OCO4)C(=O)N12)C(=O)Nc1ccc2c(c1)OCO2. The van der Waals surface area contributed by atoms with Crippen molar-refractivity contribution in [1.82, 2.24) is 10.2 Å². The lowest BCUT2D eigenvalue weighted by molar-refractivity contribution is -0.128. The van der Waals surface area contributed by atoms with Crippen LogP contribution in [-0.4, -0.2) is 58.5 Å². The average molecular weight is 614 g/mol. The number of benzene rings is 3. The summed E-state index contributed by atoms with van der Waals surface area (Å²) in [6.45, 7) is 2.46. The van der Waals surface area contributed by atoms with Crippen molar-refractivity contribution in [2.75, 3.05) is 18.9 Å². The number of rotatable bonds is 8. The van der Waals surface area contributed by atoms with E-state index in [-0.39, 0.29) is 44.3 Å². The largest absolute Gasteiger partial charge is 0.454 e. The quantitative estimate of drug-likeness (QED) is 0.389. The molecule has 0 bridgehead atoms. The third-order valence-electron chi connectivity index (χ3n) is 7.40. The van der Waals surface area contributed by atoms with Crippen LogP contribution in [0.15, 0.2) is 70.6 Å². The first-order valence-electron chi connectivity index (χ1n) is 14.1. The first-order chi connectivity index (χ1) is 21.5. The molecule has 4 heterocycles. The van der Waals surface area contributed by atoms with E-state index in [0.717, 1.165) is 5.56 Å². The van der Waals surface area contributed by atoms with Crippen LogP contribution in [0.25, 0.3) is 0 Å². The second-order valence-corrected chi connectivity index (χ2v) is 11.5. The summed E-state index contributed by atoms with van der Waals surface area (Å²) in [7, 11) is 0. The van der Waals surface area contributed by atoms with E-state index >= 15 is 0 Å². The fraction of sp³-hybridized carbons (Fsp3) is 0.258. The molecule has 2 N–H and O–H groups in total. The molecular weight excluding hydrogens is 586 g/mol. The Bertz CT molecular complexity index is 1740. The van der Waals surface area contributed by atoms with Crippen LogP contribution in [0.4, 0.5) is 11.4 Å². The standard InChI is InChI=1S/C31H27N5O7S/c1-2-26(29(38)33-18-8-10-23-25(12-18)43-16-41-23)44-31-35-20-6-4-3-5-19(20)28-34-21(30(39)36(28)31)13-27(37)32-14-17-7-9-22-24(11-17)42-15-40-22/h3-12,21,26H,2,13-16H2,1H3,(H,32,37)(H,33,38). The van der Waals surface area contributed by atoms with Crippen LogP contribution < -0.4 is 29.6 Å². The average Bonchev–Trinajstić information content (AvgIpc) is 3.77. The van der Waals surface area contributed by atoms with E-state index in [1.165, 1.54) is 16.7 Å². The maximum Gasteiger partial charge on any atom is 0.259 e. The number of nitrogens with zero attached hydrogens (tertiary/aromatic N) is 3. The van der Waals surface area contributed by atoms with Crippen molar-refractivity contribution < 1.29 is 33.3 Å². The van der Waals surface area contributed by atoms with Crippen LogP contribution in [-0.2, 0) is 20.9 Å². The number of aliphatic imine (C=N–C) groups is 2. The number of hydrogen-bond acceptors (Lipinski definition) is 10. The maximum atomic E-state index is 13.7. The predicted molar refractivity (Wildman–Crippen MR) is 163 cm³/mol. The van der Waals surface area contributed by atoms with Gasteiger partial charge in [0.2, 0.25) is 25.4 Å². The number of amides is 3. The molecule has 13 heteroatoms. The molecule has 7 rings (SSSR count). The number of anilines is 1.